The summed E-state index contributed by atoms with van der Waals surface area (Å²) in [4.78, 5) is 27.0. The number of hydrogen-bond donors (Lipinski definition) is 0. The highest BCUT2D eigenvalue weighted by Crippen LogP contribution is 2.57. The SMILES string of the molecule is O=C(Oc1cccc2c1C1(CC2)CCc2cccc(OC(=O)c3ccc(-c4ccccc4)cc3)c21)c1ccc(-c2ccccc2)cc1. The molecule has 2 aliphatic carbocycles. The van der Waals surface area contributed by atoms with Crippen LogP contribution in [0.5, 0.6) is 11.5 Å². The first-order valence-corrected chi connectivity index (χ1v) is 16.1. The fourth-order valence-corrected chi connectivity index (χ4v) is 7.45. The summed E-state index contributed by atoms with van der Waals surface area (Å²) < 4.78 is 12.4. The van der Waals surface area contributed by atoms with Crippen LogP contribution in [-0.2, 0) is 18.3 Å². The van der Waals surface area contributed by atoms with Gasteiger partial charge in [-0.1, -0.05) is 109 Å². The maximum Gasteiger partial charge on any atom is 0.343 e. The predicted molar refractivity (Wildman–Crippen MR) is 184 cm³/mol. The zero-order valence-electron chi connectivity index (χ0n) is 25.8. The third-order valence-electron chi connectivity index (χ3n) is 9.69. The van der Waals surface area contributed by atoms with Gasteiger partial charge in [-0.25, -0.2) is 9.59 Å². The lowest BCUT2D eigenvalue weighted by molar-refractivity contribution is 0.0725. The van der Waals surface area contributed by atoms with Crippen molar-refractivity contribution in [3.8, 4) is 33.8 Å². The van der Waals surface area contributed by atoms with Crippen molar-refractivity contribution in [3.05, 3.63) is 179 Å². The zero-order valence-corrected chi connectivity index (χ0v) is 25.8. The molecular formula is C43H32O4. The Morgan fingerprint density at radius 2 is 0.809 bits per heavy atom. The molecule has 0 bridgehead atoms. The third kappa shape index (κ3) is 5.22. The molecule has 4 nitrogen and oxygen atoms in total. The highest BCUT2D eigenvalue weighted by atomic mass is 16.5. The number of fused-ring (bicyclic) bond motifs is 4. The largest absolute Gasteiger partial charge is 0.423 e. The summed E-state index contributed by atoms with van der Waals surface area (Å²) >= 11 is 0. The van der Waals surface area contributed by atoms with Crippen molar-refractivity contribution < 1.29 is 19.1 Å². The molecule has 0 saturated heterocycles. The Kier molecular flexibility index (Phi) is 7.26. The first-order valence-electron chi connectivity index (χ1n) is 16.1. The number of hydrogen-bond acceptors (Lipinski definition) is 4. The van der Waals surface area contributed by atoms with Gasteiger partial charge < -0.3 is 9.47 Å². The lowest BCUT2D eigenvalue weighted by Crippen LogP contribution is -2.24. The molecule has 0 N–H and O–H groups in total. The highest BCUT2D eigenvalue weighted by molar-refractivity contribution is 5.93. The third-order valence-corrected chi connectivity index (χ3v) is 9.69. The number of benzene rings is 6. The van der Waals surface area contributed by atoms with E-state index in [0.717, 1.165) is 59.1 Å². The molecular weight excluding hydrogens is 580 g/mol. The van der Waals surface area contributed by atoms with Crippen LogP contribution in [0, 0.1) is 0 Å². The lowest BCUT2D eigenvalue weighted by Gasteiger charge is -2.29. The summed E-state index contributed by atoms with van der Waals surface area (Å²) in [5, 5.41) is 0. The van der Waals surface area contributed by atoms with Gasteiger partial charge >= 0.3 is 11.9 Å². The van der Waals surface area contributed by atoms with Crippen LogP contribution in [0.3, 0.4) is 0 Å². The maximum atomic E-state index is 13.5. The molecule has 0 fully saturated rings. The van der Waals surface area contributed by atoms with Crippen molar-refractivity contribution in [3.63, 3.8) is 0 Å². The van der Waals surface area contributed by atoms with Gasteiger partial charge in [-0.3, -0.25) is 0 Å². The van der Waals surface area contributed by atoms with Crippen LogP contribution < -0.4 is 9.47 Å². The first kappa shape index (κ1) is 28.7. The second-order valence-electron chi connectivity index (χ2n) is 12.3. The number of ether oxygens (including phenoxy) is 2. The second-order valence-corrected chi connectivity index (χ2v) is 12.3. The van der Waals surface area contributed by atoms with Crippen molar-refractivity contribution in [1.82, 2.24) is 0 Å². The van der Waals surface area contributed by atoms with E-state index in [1.54, 1.807) is 0 Å². The normalized spacial score (nSPS) is 14.0. The minimum absolute atomic E-state index is 0.392. The molecule has 0 radical (unpaired) electrons. The summed E-state index contributed by atoms with van der Waals surface area (Å²) in [5.41, 5.74) is 9.24. The van der Waals surface area contributed by atoms with Gasteiger partial charge in [-0.15, -0.1) is 0 Å². The van der Waals surface area contributed by atoms with Gasteiger partial charge in [0, 0.05) is 16.5 Å². The van der Waals surface area contributed by atoms with Gasteiger partial charge in [-0.2, -0.15) is 0 Å². The van der Waals surface area contributed by atoms with Crippen LogP contribution in [0.1, 0.15) is 55.8 Å². The van der Waals surface area contributed by atoms with Crippen molar-refractivity contribution in [2.45, 2.75) is 31.1 Å². The maximum absolute atomic E-state index is 13.5. The molecule has 47 heavy (non-hydrogen) atoms. The molecule has 0 atom stereocenters. The van der Waals surface area contributed by atoms with Crippen molar-refractivity contribution in [2.75, 3.05) is 0 Å². The quantitative estimate of drug-likeness (QED) is 0.139. The minimum atomic E-state index is -0.410. The van der Waals surface area contributed by atoms with Gasteiger partial charge in [0.05, 0.1) is 11.1 Å². The number of aryl methyl sites for hydroxylation is 2. The first-order chi connectivity index (χ1) is 23.1. The van der Waals surface area contributed by atoms with Crippen LogP contribution in [0.4, 0.5) is 0 Å². The molecule has 8 rings (SSSR count). The van der Waals surface area contributed by atoms with Gasteiger partial charge in [0.25, 0.3) is 0 Å². The Labute approximate surface area is 274 Å². The number of rotatable bonds is 6. The summed E-state index contributed by atoms with van der Waals surface area (Å²) in [7, 11) is 0. The highest BCUT2D eigenvalue weighted by Gasteiger charge is 2.49. The summed E-state index contributed by atoms with van der Waals surface area (Å²) in [5.74, 6) is 0.360. The zero-order chi connectivity index (χ0) is 31.8. The van der Waals surface area contributed by atoms with E-state index in [1.165, 1.54) is 11.1 Å². The average Bonchev–Trinajstić information content (AvgIpc) is 3.71. The smallest absolute Gasteiger partial charge is 0.343 e. The molecule has 0 aliphatic heterocycles. The van der Waals surface area contributed by atoms with Crippen LogP contribution in [-0.4, -0.2) is 11.9 Å². The molecule has 6 aromatic carbocycles. The Morgan fingerprint density at radius 1 is 0.426 bits per heavy atom. The van der Waals surface area contributed by atoms with E-state index in [0.29, 0.717) is 22.6 Å². The molecule has 0 heterocycles. The van der Waals surface area contributed by atoms with Crippen LogP contribution in [0.15, 0.2) is 146 Å². The van der Waals surface area contributed by atoms with E-state index in [4.69, 9.17) is 9.47 Å². The number of esters is 2. The fourth-order valence-electron chi connectivity index (χ4n) is 7.45. The lowest BCUT2D eigenvalue weighted by atomic mass is 9.76. The monoisotopic (exact) mass is 612 g/mol. The van der Waals surface area contributed by atoms with Crippen molar-refractivity contribution in [2.24, 2.45) is 0 Å². The van der Waals surface area contributed by atoms with Gasteiger partial charge in [-0.05, 0) is 95.5 Å². The van der Waals surface area contributed by atoms with Gasteiger partial charge in [0.2, 0.25) is 0 Å². The minimum Gasteiger partial charge on any atom is -0.423 e. The standard InChI is InChI=1S/C43H32O4/c44-41(35-21-17-31(18-22-35)29-9-3-1-4-10-29)46-37-15-7-13-33-25-27-43(39(33)37)28-26-34-14-8-16-38(40(34)43)47-42(45)36-23-19-32(20-24-36)30-11-5-2-6-12-30/h1-24H,25-28H2. The summed E-state index contributed by atoms with van der Waals surface area (Å²) in [6.45, 7) is 0. The molecule has 0 amide bonds. The Hall–Kier alpha value is -5.74. The van der Waals surface area contributed by atoms with Crippen LogP contribution >= 0.6 is 0 Å². The summed E-state index contributed by atoms with van der Waals surface area (Å²) in [6, 6.07) is 47.2. The molecule has 0 saturated carbocycles. The second kappa shape index (κ2) is 11.9. The average molecular weight is 613 g/mol. The van der Waals surface area contributed by atoms with E-state index in [-0.39, 0.29) is 0 Å². The van der Waals surface area contributed by atoms with Crippen molar-refractivity contribution in [1.29, 1.82) is 0 Å². The molecule has 2 aliphatic rings. The van der Waals surface area contributed by atoms with Crippen LogP contribution in [0.25, 0.3) is 22.3 Å². The Balaban J connectivity index is 1.08. The molecule has 6 aromatic rings. The predicted octanol–water partition coefficient (Wildman–Crippen LogP) is 9.64. The van der Waals surface area contributed by atoms with Crippen LogP contribution in [0.2, 0.25) is 0 Å². The van der Waals surface area contributed by atoms with Crippen molar-refractivity contribution >= 4 is 11.9 Å². The van der Waals surface area contributed by atoms with E-state index < -0.39 is 17.4 Å². The molecule has 1 spiro atoms. The van der Waals surface area contributed by atoms with E-state index in [9.17, 15) is 9.59 Å². The molecule has 228 valence electrons. The topological polar surface area (TPSA) is 52.6 Å². The number of carbonyl (C=O) groups excluding carboxylic acids is 2. The van der Waals surface area contributed by atoms with E-state index in [2.05, 4.69) is 12.1 Å². The summed E-state index contributed by atoms with van der Waals surface area (Å²) in [6.07, 6.45) is 3.43. The molecule has 0 unspecified atom stereocenters. The van der Waals surface area contributed by atoms with Gasteiger partial charge in [0.1, 0.15) is 11.5 Å². The molecule has 4 heteroatoms. The number of carbonyl (C=O) groups is 2. The Bertz CT molecular complexity index is 1940. The Morgan fingerprint density at radius 3 is 1.21 bits per heavy atom. The van der Waals surface area contributed by atoms with E-state index >= 15 is 0 Å². The fraction of sp³-hybridized carbons (Fsp3) is 0.116. The molecule has 0 aromatic heterocycles. The van der Waals surface area contributed by atoms with Gasteiger partial charge in [0.15, 0.2) is 0 Å². The van der Waals surface area contributed by atoms with E-state index in [1.807, 2.05) is 133 Å².